The van der Waals surface area contributed by atoms with Crippen LogP contribution in [-0.2, 0) is 16.0 Å². The number of fused-ring (bicyclic) bond motifs is 1. The number of imide groups is 1. The summed E-state index contributed by atoms with van der Waals surface area (Å²) < 4.78 is 5.31. The molecule has 1 saturated carbocycles. The molecular formula is C26H27N3O4. The van der Waals surface area contributed by atoms with Crippen molar-refractivity contribution in [2.24, 2.45) is 23.7 Å². The minimum absolute atomic E-state index is 0.0984. The number of rotatable bonds is 6. The Labute approximate surface area is 192 Å². The van der Waals surface area contributed by atoms with Crippen LogP contribution >= 0.6 is 0 Å². The highest BCUT2D eigenvalue weighted by Gasteiger charge is 2.58. The number of urea groups is 1. The lowest BCUT2D eigenvalue weighted by atomic mass is 9.63. The maximum Gasteiger partial charge on any atom is 0.320 e. The van der Waals surface area contributed by atoms with E-state index in [0.29, 0.717) is 17.9 Å². The summed E-state index contributed by atoms with van der Waals surface area (Å²) >= 11 is 0. The number of benzene rings is 2. The molecular weight excluding hydrogens is 418 g/mol. The number of methoxy groups -OCH3 is 1. The normalized spacial score (nSPS) is 26.2. The molecule has 2 N–H and O–H groups in total. The van der Waals surface area contributed by atoms with Crippen LogP contribution in [0.4, 0.5) is 10.5 Å². The number of amides is 4. The Morgan fingerprint density at radius 1 is 0.970 bits per heavy atom. The van der Waals surface area contributed by atoms with E-state index < -0.39 is 12.2 Å². The van der Waals surface area contributed by atoms with E-state index in [4.69, 9.17) is 4.74 Å². The van der Waals surface area contributed by atoms with Crippen LogP contribution in [0.1, 0.15) is 18.4 Å². The number of ether oxygens (including phenoxy) is 1. The largest absolute Gasteiger partial charge is 0.495 e. The number of para-hydroxylation sites is 2. The summed E-state index contributed by atoms with van der Waals surface area (Å²) in [6.45, 7) is 0. The highest BCUT2D eigenvalue weighted by atomic mass is 16.5. The summed E-state index contributed by atoms with van der Waals surface area (Å²) in [6.07, 6.45) is 5.60. The molecule has 2 fully saturated rings. The van der Waals surface area contributed by atoms with E-state index in [0.717, 1.165) is 18.4 Å². The molecule has 0 unspecified atom stereocenters. The number of carbonyl (C=O) groups is 3. The molecule has 0 aromatic heterocycles. The smallest absolute Gasteiger partial charge is 0.320 e. The molecule has 2 bridgehead atoms. The molecule has 5 atom stereocenters. The van der Waals surface area contributed by atoms with Crippen molar-refractivity contribution in [3.8, 4) is 5.75 Å². The van der Waals surface area contributed by atoms with E-state index in [-0.39, 0.29) is 35.5 Å². The van der Waals surface area contributed by atoms with Gasteiger partial charge in [0, 0.05) is 6.42 Å². The number of nitrogens with zero attached hydrogens (tertiary/aromatic N) is 1. The summed E-state index contributed by atoms with van der Waals surface area (Å²) in [4.78, 5) is 41.3. The third-order valence-corrected chi connectivity index (χ3v) is 7.03. The highest BCUT2D eigenvalue weighted by molar-refractivity contribution is 6.06. The van der Waals surface area contributed by atoms with Crippen LogP contribution in [0.15, 0.2) is 66.7 Å². The Kier molecular flexibility index (Phi) is 5.62. The second-order valence-electron chi connectivity index (χ2n) is 8.89. The first-order valence-corrected chi connectivity index (χ1v) is 11.4. The number of hydrogen-bond donors (Lipinski definition) is 2. The van der Waals surface area contributed by atoms with Crippen molar-refractivity contribution in [3.63, 3.8) is 0 Å². The van der Waals surface area contributed by atoms with Crippen molar-refractivity contribution in [1.82, 2.24) is 10.2 Å². The predicted octanol–water partition coefficient (Wildman–Crippen LogP) is 3.58. The van der Waals surface area contributed by atoms with Gasteiger partial charge in [-0.3, -0.25) is 14.5 Å². The number of hydrogen-bond acceptors (Lipinski definition) is 4. The molecule has 1 heterocycles. The molecule has 3 aliphatic carbocycles. The molecule has 4 amide bonds. The lowest BCUT2D eigenvalue weighted by Gasteiger charge is -2.38. The second kappa shape index (κ2) is 8.73. The van der Waals surface area contributed by atoms with Crippen molar-refractivity contribution >= 4 is 23.5 Å². The van der Waals surface area contributed by atoms with Gasteiger partial charge in [-0.25, -0.2) is 4.79 Å². The first-order valence-electron chi connectivity index (χ1n) is 11.4. The van der Waals surface area contributed by atoms with Crippen molar-refractivity contribution < 1.29 is 19.1 Å². The van der Waals surface area contributed by atoms with Gasteiger partial charge in [0.15, 0.2) is 0 Å². The molecule has 0 spiro atoms. The van der Waals surface area contributed by atoms with Crippen molar-refractivity contribution in [1.29, 1.82) is 0 Å². The summed E-state index contributed by atoms with van der Waals surface area (Å²) in [5, 5.41) is 5.67. The van der Waals surface area contributed by atoms with E-state index in [9.17, 15) is 14.4 Å². The third-order valence-electron chi connectivity index (χ3n) is 7.03. The van der Waals surface area contributed by atoms with Crippen LogP contribution in [0.2, 0.25) is 0 Å². The maximum absolute atomic E-state index is 13.5. The molecule has 1 saturated heterocycles. The summed E-state index contributed by atoms with van der Waals surface area (Å²) in [5.41, 5.74) is 1.43. The van der Waals surface area contributed by atoms with Gasteiger partial charge in [0.2, 0.25) is 11.8 Å². The molecule has 4 aliphatic rings. The van der Waals surface area contributed by atoms with Crippen LogP contribution in [0, 0.1) is 23.7 Å². The van der Waals surface area contributed by atoms with Crippen LogP contribution in [0.25, 0.3) is 0 Å². The maximum atomic E-state index is 13.5. The molecule has 1 aliphatic heterocycles. The minimum Gasteiger partial charge on any atom is -0.495 e. The number of carbonyl (C=O) groups excluding carboxylic acids is 3. The Hall–Kier alpha value is -3.61. The standard InChI is InChI=1S/C26H27N3O4/c1-33-20-10-6-5-9-19(20)27-26(32)28-21(15-16-7-3-2-4-8-16)29-24(30)22-17-11-12-18(14-13-17)23(22)25(29)31/h2-12,17-18,21-23H,13-15H2,1H3,(H2,27,28,32)/t17-,18-,21-,22-,23-/m0/s1. The summed E-state index contributed by atoms with van der Waals surface area (Å²) in [7, 11) is 1.53. The minimum atomic E-state index is -0.785. The topological polar surface area (TPSA) is 87.7 Å². The molecule has 170 valence electrons. The average molecular weight is 446 g/mol. The molecule has 7 nitrogen and oxygen atoms in total. The van der Waals surface area contributed by atoms with Crippen LogP contribution in [-0.4, -0.2) is 36.0 Å². The van der Waals surface area contributed by atoms with Gasteiger partial charge in [-0.05, 0) is 42.4 Å². The summed E-state index contributed by atoms with van der Waals surface area (Å²) in [5.74, 6) is -0.279. The number of likely N-dealkylation sites (tertiary alicyclic amines) is 1. The Morgan fingerprint density at radius 3 is 2.18 bits per heavy atom. The van der Waals surface area contributed by atoms with Crippen molar-refractivity contribution in [2.45, 2.75) is 25.4 Å². The number of nitrogens with one attached hydrogen (secondary N) is 2. The lowest BCUT2D eigenvalue weighted by Crippen LogP contribution is -2.53. The van der Waals surface area contributed by atoms with Crippen LogP contribution in [0.3, 0.4) is 0 Å². The van der Waals surface area contributed by atoms with Gasteiger partial charge in [-0.1, -0.05) is 54.6 Å². The monoisotopic (exact) mass is 445 g/mol. The van der Waals surface area contributed by atoms with Crippen LogP contribution in [0.5, 0.6) is 5.75 Å². The van der Waals surface area contributed by atoms with Gasteiger partial charge in [0.25, 0.3) is 0 Å². The van der Waals surface area contributed by atoms with E-state index in [1.54, 1.807) is 18.2 Å². The second-order valence-corrected chi connectivity index (χ2v) is 8.89. The van der Waals surface area contributed by atoms with E-state index in [2.05, 4.69) is 22.8 Å². The zero-order chi connectivity index (χ0) is 22.9. The Balaban J connectivity index is 1.41. The molecule has 6 rings (SSSR count). The molecule has 2 aromatic rings. The average Bonchev–Trinajstić information content (AvgIpc) is 3.12. The van der Waals surface area contributed by atoms with E-state index >= 15 is 0 Å². The summed E-state index contributed by atoms with van der Waals surface area (Å²) in [6, 6.07) is 16.1. The first-order chi connectivity index (χ1) is 16.1. The van der Waals surface area contributed by atoms with Crippen molar-refractivity contribution in [2.75, 3.05) is 12.4 Å². The molecule has 33 heavy (non-hydrogen) atoms. The molecule has 2 aromatic carbocycles. The quantitative estimate of drug-likeness (QED) is 0.526. The van der Waals surface area contributed by atoms with Crippen molar-refractivity contribution in [3.05, 3.63) is 72.3 Å². The van der Waals surface area contributed by atoms with Gasteiger partial charge in [-0.2, -0.15) is 0 Å². The SMILES string of the molecule is COc1ccccc1NC(=O)N[C@H](Cc1ccccc1)N1C(=O)[C@@H]2[C@@H](C1=O)[C@H]1C=C[C@H]2CC1. The van der Waals surface area contributed by atoms with Gasteiger partial charge in [-0.15, -0.1) is 0 Å². The molecule has 7 heteroatoms. The van der Waals surface area contributed by atoms with Gasteiger partial charge >= 0.3 is 6.03 Å². The van der Waals surface area contributed by atoms with Gasteiger partial charge < -0.3 is 15.4 Å². The zero-order valence-electron chi connectivity index (χ0n) is 18.4. The predicted molar refractivity (Wildman–Crippen MR) is 123 cm³/mol. The van der Waals surface area contributed by atoms with E-state index in [1.165, 1.54) is 12.0 Å². The third kappa shape index (κ3) is 3.88. The fourth-order valence-corrected chi connectivity index (χ4v) is 5.51. The zero-order valence-corrected chi connectivity index (χ0v) is 18.4. The lowest BCUT2D eigenvalue weighted by molar-refractivity contribution is -0.143. The number of allylic oxidation sites excluding steroid dienone is 2. The van der Waals surface area contributed by atoms with Gasteiger partial charge in [0.1, 0.15) is 11.9 Å². The van der Waals surface area contributed by atoms with E-state index in [1.807, 2.05) is 36.4 Å². The van der Waals surface area contributed by atoms with Gasteiger partial charge in [0.05, 0.1) is 24.6 Å². The van der Waals surface area contributed by atoms with Crippen LogP contribution < -0.4 is 15.4 Å². The number of anilines is 1. The fourth-order valence-electron chi connectivity index (χ4n) is 5.51. The Bertz CT molecular complexity index is 1070. The Morgan fingerprint density at radius 2 is 1.58 bits per heavy atom. The molecule has 0 radical (unpaired) electrons. The highest BCUT2D eigenvalue weighted by Crippen LogP contribution is 2.50. The fraction of sp³-hybridized carbons (Fsp3) is 0.346. The first kappa shape index (κ1) is 21.2.